The molecule has 0 aliphatic carbocycles. The number of fused-ring (bicyclic) bond motifs is 1. The Morgan fingerprint density at radius 2 is 2.12 bits per heavy atom. The molecule has 1 unspecified atom stereocenters. The van der Waals surface area contributed by atoms with E-state index >= 15 is 0 Å². The number of benzene rings is 1. The van der Waals surface area contributed by atoms with Gasteiger partial charge in [-0.3, -0.25) is 9.78 Å². The average Bonchev–Trinajstić information content (AvgIpc) is 2.33. The Morgan fingerprint density at radius 3 is 2.82 bits per heavy atom. The van der Waals surface area contributed by atoms with Gasteiger partial charge >= 0.3 is 0 Å². The zero-order chi connectivity index (χ0) is 12.4. The molecule has 0 bridgehead atoms. The van der Waals surface area contributed by atoms with Crippen molar-refractivity contribution >= 4 is 28.1 Å². The van der Waals surface area contributed by atoms with Gasteiger partial charge in [-0.1, -0.05) is 0 Å². The molecule has 0 spiro atoms. The van der Waals surface area contributed by atoms with Gasteiger partial charge in [-0.2, -0.15) is 0 Å². The van der Waals surface area contributed by atoms with Gasteiger partial charge in [0, 0.05) is 34.5 Å². The summed E-state index contributed by atoms with van der Waals surface area (Å²) >= 11 is 0. The number of aromatic nitrogens is 1. The van der Waals surface area contributed by atoms with E-state index in [0.29, 0.717) is 5.69 Å². The molecule has 0 saturated heterocycles. The molecule has 1 amide bonds. The second-order valence-corrected chi connectivity index (χ2v) is 3.89. The minimum Gasteiger partial charge on any atom is -0.398 e. The first kappa shape index (κ1) is 11.2. The third kappa shape index (κ3) is 2.13. The van der Waals surface area contributed by atoms with E-state index in [9.17, 15) is 4.79 Å². The van der Waals surface area contributed by atoms with Crippen LogP contribution in [0.3, 0.4) is 0 Å². The molecule has 1 atom stereocenters. The average molecular weight is 230 g/mol. The van der Waals surface area contributed by atoms with Gasteiger partial charge < -0.3 is 16.8 Å². The molecule has 0 fully saturated rings. The minimum atomic E-state index is -0.435. The lowest BCUT2D eigenvalue weighted by atomic mass is 10.1. The number of primary amides is 1. The van der Waals surface area contributed by atoms with Crippen LogP contribution in [-0.2, 0) is 4.79 Å². The first-order chi connectivity index (χ1) is 8.09. The fourth-order valence-corrected chi connectivity index (χ4v) is 1.64. The summed E-state index contributed by atoms with van der Waals surface area (Å²) < 4.78 is 0. The standard InChI is InChI=1S/C12H14N4O/c1-7(12(14)17)16-11-3-2-10(13)9-6-15-5-4-8(9)11/h2-7,16H,13H2,1H3,(H2,14,17). The molecule has 5 N–H and O–H groups in total. The molecule has 2 aromatic rings. The lowest BCUT2D eigenvalue weighted by Gasteiger charge is -2.14. The fraction of sp³-hybridized carbons (Fsp3) is 0.167. The molecular weight excluding hydrogens is 216 g/mol. The van der Waals surface area contributed by atoms with Crippen LogP contribution in [0.1, 0.15) is 6.92 Å². The first-order valence-corrected chi connectivity index (χ1v) is 5.27. The highest BCUT2D eigenvalue weighted by Crippen LogP contribution is 2.27. The van der Waals surface area contributed by atoms with E-state index in [-0.39, 0.29) is 0 Å². The van der Waals surface area contributed by atoms with E-state index in [1.54, 1.807) is 25.4 Å². The molecule has 1 aromatic carbocycles. The van der Waals surface area contributed by atoms with Gasteiger partial charge in [-0.15, -0.1) is 0 Å². The molecule has 0 aliphatic heterocycles. The van der Waals surface area contributed by atoms with E-state index in [1.807, 2.05) is 12.1 Å². The summed E-state index contributed by atoms with van der Waals surface area (Å²) in [6, 6.07) is 5.02. The Balaban J connectivity index is 2.48. The van der Waals surface area contributed by atoms with Crippen molar-refractivity contribution in [2.24, 2.45) is 5.73 Å². The second-order valence-electron chi connectivity index (χ2n) is 3.89. The summed E-state index contributed by atoms with van der Waals surface area (Å²) in [5.74, 6) is -0.399. The van der Waals surface area contributed by atoms with E-state index in [0.717, 1.165) is 16.5 Å². The Morgan fingerprint density at radius 1 is 1.35 bits per heavy atom. The number of hydrogen-bond donors (Lipinski definition) is 3. The molecule has 17 heavy (non-hydrogen) atoms. The number of carbonyl (C=O) groups is 1. The van der Waals surface area contributed by atoms with E-state index in [4.69, 9.17) is 11.5 Å². The van der Waals surface area contributed by atoms with Gasteiger partial charge in [0.2, 0.25) is 5.91 Å². The van der Waals surface area contributed by atoms with Crippen molar-refractivity contribution in [3.63, 3.8) is 0 Å². The minimum absolute atomic E-state index is 0.399. The van der Waals surface area contributed by atoms with Gasteiger partial charge in [-0.25, -0.2) is 0 Å². The van der Waals surface area contributed by atoms with E-state index < -0.39 is 11.9 Å². The molecule has 0 aliphatic rings. The van der Waals surface area contributed by atoms with E-state index in [2.05, 4.69) is 10.3 Å². The topological polar surface area (TPSA) is 94.0 Å². The quantitative estimate of drug-likeness (QED) is 0.688. The molecule has 1 aromatic heterocycles. The number of nitrogens with zero attached hydrogens (tertiary/aromatic N) is 1. The van der Waals surface area contributed by atoms with Gasteiger partial charge in [0.15, 0.2) is 0 Å². The van der Waals surface area contributed by atoms with Crippen molar-refractivity contribution in [1.29, 1.82) is 0 Å². The first-order valence-electron chi connectivity index (χ1n) is 5.27. The Bertz CT molecular complexity index is 567. The van der Waals surface area contributed by atoms with Crippen molar-refractivity contribution in [3.05, 3.63) is 30.6 Å². The summed E-state index contributed by atoms with van der Waals surface area (Å²) in [6.07, 6.45) is 3.38. The van der Waals surface area contributed by atoms with Crippen LogP contribution in [0, 0.1) is 0 Å². The van der Waals surface area contributed by atoms with Crippen molar-refractivity contribution in [2.45, 2.75) is 13.0 Å². The number of nitrogens with two attached hydrogens (primary N) is 2. The lowest BCUT2D eigenvalue weighted by molar-refractivity contribution is -0.118. The third-order valence-corrected chi connectivity index (χ3v) is 2.65. The molecule has 2 rings (SSSR count). The van der Waals surface area contributed by atoms with Crippen LogP contribution in [0.4, 0.5) is 11.4 Å². The van der Waals surface area contributed by atoms with Gasteiger partial charge in [0.1, 0.15) is 6.04 Å². The Hall–Kier alpha value is -2.30. The number of hydrogen-bond acceptors (Lipinski definition) is 4. The van der Waals surface area contributed by atoms with Crippen LogP contribution < -0.4 is 16.8 Å². The molecule has 88 valence electrons. The summed E-state index contributed by atoms with van der Waals surface area (Å²) in [4.78, 5) is 15.1. The normalized spacial score (nSPS) is 12.3. The number of carbonyl (C=O) groups excluding carboxylic acids is 1. The number of anilines is 2. The predicted octanol–water partition coefficient (Wildman–Crippen LogP) is 1.10. The van der Waals surface area contributed by atoms with Crippen LogP contribution >= 0.6 is 0 Å². The Kier molecular flexibility index (Phi) is 2.82. The van der Waals surface area contributed by atoms with Crippen molar-refractivity contribution in [1.82, 2.24) is 4.98 Å². The lowest BCUT2D eigenvalue weighted by Crippen LogP contribution is -2.32. The van der Waals surface area contributed by atoms with Crippen LogP contribution in [0.25, 0.3) is 10.8 Å². The number of nitrogen functional groups attached to an aromatic ring is 1. The second kappa shape index (κ2) is 4.29. The van der Waals surface area contributed by atoms with Gasteiger partial charge in [-0.05, 0) is 25.1 Å². The zero-order valence-electron chi connectivity index (χ0n) is 9.47. The molecular formula is C12H14N4O. The maximum atomic E-state index is 11.0. The number of nitrogens with one attached hydrogen (secondary N) is 1. The van der Waals surface area contributed by atoms with Crippen molar-refractivity contribution in [3.8, 4) is 0 Å². The Labute approximate surface area is 98.8 Å². The van der Waals surface area contributed by atoms with E-state index in [1.165, 1.54) is 0 Å². The molecule has 0 saturated carbocycles. The highest BCUT2D eigenvalue weighted by molar-refractivity contribution is 6.01. The maximum absolute atomic E-state index is 11.0. The molecule has 5 heteroatoms. The summed E-state index contributed by atoms with van der Waals surface area (Å²) in [7, 11) is 0. The highest BCUT2D eigenvalue weighted by atomic mass is 16.1. The summed E-state index contributed by atoms with van der Waals surface area (Å²) in [5, 5.41) is 4.83. The monoisotopic (exact) mass is 230 g/mol. The zero-order valence-corrected chi connectivity index (χ0v) is 9.47. The molecule has 1 heterocycles. The summed E-state index contributed by atoms with van der Waals surface area (Å²) in [5.41, 5.74) is 12.6. The fourth-order valence-electron chi connectivity index (χ4n) is 1.64. The summed E-state index contributed by atoms with van der Waals surface area (Å²) in [6.45, 7) is 1.71. The molecule has 0 radical (unpaired) electrons. The predicted molar refractivity (Wildman–Crippen MR) is 68.4 cm³/mol. The van der Waals surface area contributed by atoms with Crippen LogP contribution in [0.15, 0.2) is 30.6 Å². The van der Waals surface area contributed by atoms with Gasteiger partial charge in [0.25, 0.3) is 0 Å². The van der Waals surface area contributed by atoms with Crippen LogP contribution in [-0.4, -0.2) is 16.9 Å². The van der Waals surface area contributed by atoms with Gasteiger partial charge in [0.05, 0.1) is 0 Å². The van der Waals surface area contributed by atoms with Crippen LogP contribution in [0.2, 0.25) is 0 Å². The van der Waals surface area contributed by atoms with Crippen molar-refractivity contribution in [2.75, 3.05) is 11.1 Å². The number of pyridine rings is 1. The highest BCUT2D eigenvalue weighted by Gasteiger charge is 2.10. The SMILES string of the molecule is CC(Nc1ccc(N)c2cnccc12)C(N)=O. The maximum Gasteiger partial charge on any atom is 0.239 e. The number of amides is 1. The van der Waals surface area contributed by atoms with Crippen molar-refractivity contribution < 1.29 is 4.79 Å². The van der Waals surface area contributed by atoms with Crippen LogP contribution in [0.5, 0.6) is 0 Å². The smallest absolute Gasteiger partial charge is 0.239 e. The third-order valence-electron chi connectivity index (χ3n) is 2.65. The number of rotatable bonds is 3. The molecule has 5 nitrogen and oxygen atoms in total. The largest absolute Gasteiger partial charge is 0.398 e.